The van der Waals surface area contributed by atoms with Gasteiger partial charge in [-0.3, -0.25) is 14.5 Å². The standard InChI is InChI=1S/C14H24ClN5S/c1-10-12(15)11(18(4)17-10)9-19-5-7-20(8-6-19)14(2,3)13(16)21/h5-9H2,1-4H3,(H2,16,21). The summed E-state index contributed by atoms with van der Waals surface area (Å²) in [4.78, 5) is 5.30. The van der Waals surface area contributed by atoms with Gasteiger partial charge in [-0.2, -0.15) is 5.10 Å². The number of aromatic nitrogens is 2. The number of nitrogens with zero attached hydrogens (tertiary/aromatic N) is 4. The van der Waals surface area contributed by atoms with Crippen molar-refractivity contribution in [2.24, 2.45) is 12.8 Å². The Hall–Kier alpha value is -0.690. The molecule has 0 radical (unpaired) electrons. The largest absolute Gasteiger partial charge is 0.392 e. The van der Waals surface area contributed by atoms with E-state index in [4.69, 9.17) is 29.6 Å². The van der Waals surface area contributed by atoms with E-state index in [1.54, 1.807) is 0 Å². The first-order valence-corrected chi connectivity index (χ1v) is 7.97. The Kier molecular flexibility index (Phi) is 4.92. The van der Waals surface area contributed by atoms with Crippen LogP contribution in [-0.2, 0) is 13.6 Å². The number of halogens is 1. The van der Waals surface area contributed by atoms with Crippen molar-refractivity contribution in [3.63, 3.8) is 0 Å². The molecule has 0 aromatic carbocycles. The first-order chi connectivity index (χ1) is 9.73. The van der Waals surface area contributed by atoms with Crippen molar-refractivity contribution in [3.05, 3.63) is 16.4 Å². The molecule has 0 bridgehead atoms. The molecule has 1 saturated heterocycles. The van der Waals surface area contributed by atoms with Gasteiger partial charge in [-0.15, -0.1) is 0 Å². The Labute approximate surface area is 137 Å². The lowest BCUT2D eigenvalue weighted by Crippen LogP contribution is -2.59. The average molecular weight is 330 g/mol. The van der Waals surface area contributed by atoms with Crippen molar-refractivity contribution in [2.75, 3.05) is 26.2 Å². The maximum absolute atomic E-state index is 6.32. The number of hydrogen-bond acceptors (Lipinski definition) is 4. The van der Waals surface area contributed by atoms with Crippen LogP contribution in [-0.4, -0.2) is 56.3 Å². The molecule has 0 saturated carbocycles. The summed E-state index contributed by atoms with van der Waals surface area (Å²) < 4.78 is 1.88. The summed E-state index contributed by atoms with van der Waals surface area (Å²) in [6, 6.07) is 0. The molecule has 1 aliphatic heterocycles. The van der Waals surface area contributed by atoms with Crippen molar-refractivity contribution in [3.8, 4) is 0 Å². The van der Waals surface area contributed by atoms with Crippen LogP contribution in [0.2, 0.25) is 5.02 Å². The van der Waals surface area contributed by atoms with Gasteiger partial charge in [0.05, 0.1) is 26.9 Å². The van der Waals surface area contributed by atoms with Gasteiger partial charge >= 0.3 is 0 Å². The molecule has 1 aliphatic rings. The molecule has 118 valence electrons. The molecule has 1 aromatic rings. The van der Waals surface area contributed by atoms with Crippen LogP contribution in [0.4, 0.5) is 0 Å². The molecule has 1 fully saturated rings. The van der Waals surface area contributed by atoms with E-state index in [0.717, 1.165) is 49.1 Å². The summed E-state index contributed by atoms with van der Waals surface area (Å²) in [6.45, 7) is 10.8. The summed E-state index contributed by atoms with van der Waals surface area (Å²) in [6.07, 6.45) is 0. The van der Waals surface area contributed by atoms with Gasteiger partial charge < -0.3 is 5.73 Å². The average Bonchev–Trinajstić information content (AvgIpc) is 2.66. The fourth-order valence-corrected chi connectivity index (χ4v) is 3.03. The Morgan fingerprint density at radius 3 is 2.33 bits per heavy atom. The summed E-state index contributed by atoms with van der Waals surface area (Å²) in [5.41, 5.74) is 7.60. The van der Waals surface area contributed by atoms with Gasteiger partial charge in [-0.05, 0) is 20.8 Å². The lowest BCUT2D eigenvalue weighted by molar-refractivity contribution is 0.0808. The molecule has 2 N–H and O–H groups in total. The van der Waals surface area contributed by atoms with Crippen LogP contribution < -0.4 is 5.73 Å². The Bertz CT molecular complexity index is 532. The zero-order valence-electron chi connectivity index (χ0n) is 13.2. The molecule has 0 spiro atoms. The maximum atomic E-state index is 6.32. The van der Waals surface area contributed by atoms with Crippen molar-refractivity contribution in [1.29, 1.82) is 0 Å². The third kappa shape index (κ3) is 3.39. The number of aryl methyl sites for hydroxylation is 2. The SMILES string of the molecule is Cc1nn(C)c(CN2CCN(C(C)(C)C(N)=S)CC2)c1Cl. The van der Waals surface area contributed by atoms with Crippen LogP contribution >= 0.6 is 23.8 Å². The molecule has 2 rings (SSSR count). The Balaban J connectivity index is 1.97. The minimum atomic E-state index is -0.220. The summed E-state index contributed by atoms with van der Waals surface area (Å²) in [5.74, 6) is 0. The highest BCUT2D eigenvalue weighted by Gasteiger charge is 2.32. The second-order valence-electron chi connectivity index (χ2n) is 6.16. The first kappa shape index (κ1) is 16.7. The Morgan fingerprint density at radius 2 is 1.90 bits per heavy atom. The van der Waals surface area contributed by atoms with Crippen LogP contribution in [0.3, 0.4) is 0 Å². The van der Waals surface area contributed by atoms with Gasteiger partial charge in [0.2, 0.25) is 0 Å². The second-order valence-corrected chi connectivity index (χ2v) is 6.97. The van der Waals surface area contributed by atoms with Crippen molar-refractivity contribution >= 4 is 28.8 Å². The van der Waals surface area contributed by atoms with E-state index >= 15 is 0 Å². The highest BCUT2D eigenvalue weighted by atomic mass is 35.5. The molecule has 0 atom stereocenters. The lowest BCUT2D eigenvalue weighted by Gasteiger charge is -2.43. The molecular formula is C14H24ClN5S. The van der Waals surface area contributed by atoms with E-state index in [-0.39, 0.29) is 5.54 Å². The molecule has 7 heteroatoms. The van der Waals surface area contributed by atoms with E-state index in [1.807, 2.05) is 18.7 Å². The van der Waals surface area contributed by atoms with Crippen LogP contribution in [0.15, 0.2) is 0 Å². The smallest absolute Gasteiger partial charge is 0.0928 e. The van der Waals surface area contributed by atoms with Crippen molar-refractivity contribution in [2.45, 2.75) is 32.9 Å². The predicted molar refractivity (Wildman–Crippen MR) is 90.7 cm³/mol. The van der Waals surface area contributed by atoms with Gasteiger partial charge in [0.25, 0.3) is 0 Å². The van der Waals surface area contributed by atoms with Gasteiger partial charge in [-0.25, -0.2) is 0 Å². The van der Waals surface area contributed by atoms with E-state index in [2.05, 4.69) is 28.7 Å². The predicted octanol–water partition coefficient (Wildman–Crippen LogP) is 1.56. The molecule has 2 heterocycles. The van der Waals surface area contributed by atoms with Crippen LogP contribution in [0.5, 0.6) is 0 Å². The molecule has 0 amide bonds. The minimum absolute atomic E-state index is 0.220. The zero-order chi connectivity index (χ0) is 15.8. The fourth-order valence-electron chi connectivity index (χ4n) is 2.68. The van der Waals surface area contributed by atoms with E-state index in [0.29, 0.717) is 4.99 Å². The molecular weight excluding hydrogens is 306 g/mol. The van der Waals surface area contributed by atoms with Gasteiger partial charge in [0.15, 0.2) is 0 Å². The molecule has 21 heavy (non-hydrogen) atoms. The number of nitrogens with two attached hydrogens (primary N) is 1. The Morgan fingerprint density at radius 1 is 1.33 bits per heavy atom. The fraction of sp³-hybridized carbons (Fsp3) is 0.714. The van der Waals surface area contributed by atoms with Gasteiger partial charge in [0, 0.05) is 39.8 Å². The van der Waals surface area contributed by atoms with Crippen LogP contribution in [0, 0.1) is 6.92 Å². The number of hydrogen-bond donors (Lipinski definition) is 1. The zero-order valence-corrected chi connectivity index (χ0v) is 14.8. The summed E-state index contributed by atoms with van der Waals surface area (Å²) >= 11 is 11.5. The van der Waals surface area contributed by atoms with Crippen molar-refractivity contribution in [1.82, 2.24) is 19.6 Å². The molecule has 0 unspecified atom stereocenters. The topological polar surface area (TPSA) is 50.3 Å². The summed E-state index contributed by atoms with van der Waals surface area (Å²) in [5, 5.41) is 5.15. The molecule has 5 nitrogen and oxygen atoms in total. The highest BCUT2D eigenvalue weighted by Crippen LogP contribution is 2.23. The van der Waals surface area contributed by atoms with Gasteiger partial charge in [-0.1, -0.05) is 23.8 Å². The van der Waals surface area contributed by atoms with Crippen LogP contribution in [0.25, 0.3) is 0 Å². The van der Waals surface area contributed by atoms with Gasteiger partial charge in [0.1, 0.15) is 0 Å². The minimum Gasteiger partial charge on any atom is -0.392 e. The summed E-state index contributed by atoms with van der Waals surface area (Å²) in [7, 11) is 1.94. The monoisotopic (exact) mass is 329 g/mol. The third-order valence-electron chi connectivity index (χ3n) is 4.40. The molecule has 0 aliphatic carbocycles. The normalized spacial score (nSPS) is 18.1. The molecule has 1 aromatic heterocycles. The first-order valence-electron chi connectivity index (χ1n) is 7.18. The number of piperazine rings is 1. The van der Waals surface area contributed by atoms with E-state index < -0.39 is 0 Å². The second kappa shape index (κ2) is 6.20. The number of thiocarbonyl (C=S) groups is 1. The highest BCUT2D eigenvalue weighted by molar-refractivity contribution is 7.80. The van der Waals surface area contributed by atoms with Crippen molar-refractivity contribution < 1.29 is 0 Å². The van der Waals surface area contributed by atoms with Crippen LogP contribution in [0.1, 0.15) is 25.2 Å². The van der Waals surface area contributed by atoms with E-state index in [1.165, 1.54) is 0 Å². The quantitative estimate of drug-likeness (QED) is 0.850. The van der Waals surface area contributed by atoms with E-state index in [9.17, 15) is 0 Å². The number of rotatable bonds is 4. The third-order valence-corrected chi connectivity index (χ3v) is 5.39. The lowest BCUT2D eigenvalue weighted by atomic mass is 10.0. The maximum Gasteiger partial charge on any atom is 0.0928 e.